The Morgan fingerprint density at radius 3 is 2.12 bits per heavy atom. The second kappa shape index (κ2) is 8.08. The van der Waals surface area contributed by atoms with Crippen LogP contribution in [-0.4, -0.2) is 21.1 Å². The maximum atomic E-state index is 10.1. The molecule has 3 rings (SSSR count). The van der Waals surface area contributed by atoms with Crippen molar-refractivity contribution in [2.45, 2.75) is 40.2 Å². The number of aliphatic hydroxyl groups excluding tert-OH is 2. The molecule has 0 bridgehead atoms. The number of fused-ring (bicyclic) bond motifs is 2. The van der Waals surface area contributed by atoms with Crippen molar-refractivity contribution >= 4 is 47.0 Å². The van der Waals surface area contributed by atoms with Gasteiger partial charge in [-0.3, -0.25) is 0 Å². The van der Waals surface area contributed by atoms with Crippen molar-refractivity contribution in [2.75, 3.05) is 0 Å². The first-order chi connectivity index (χ1) is 11.6. The Morgan fingerprint density at radius 2 is 1.46 bits per heavy atom. The van der Waals surface area contributed by atoms with E-state index in [4.69, 9.17) is 0 Å². The van der Waals surface area contributed by atoms with E-state index in [9.17, 15) is 10.2 Å². The molecule has 2 aromatic rings. The van der Waals surface area contributed by atoms with Gasteiger partial charge in [-0.1, -0.05) is 84.5 Å². The fourth-order valence-corrected chi connectivity index (χ4v) is 6.53. The SMILES string of the molecule is C=CC(O)Sc1ccc2c(c1SC(O)C=C)Sc1ccccc1S2. The van der Waals surface area contributed by atoms with Gasteiger partial charge in [0.05, 0.1) is 0 Å². The summed E-state index contributed by atoms with van der Waals surface area (Å²) in [6.07, 6.45) is 3.01. The number of hydrogen-bond donors (Lipinski definition) is 2. The minimum atomic E-state index is -0.695. The van der Waals surface area contributed by atoms with Crippen molar-refractivity contribution in [1.29, 1.82) is 0 Å². The second-order valence-corrected chi connectivity index (χ2v) is 9.28. The molecule has 0 radical (unpaired) electrons. The maximum absolute atomic E-state index is 10.1. The van der Waals surface area contributed by atoms with Crippen molar-refractivity contribution in [3.8, 4) is 0 Å². The summed E-state index contributed by atoms with van der Waals surface area (Å²) < 4.78 is 0. The van der Waals surface area contributed by atoms with Gasteiger partial charge in [0.2, 0.25) is 0 Å². The quantitative estimate of drug-likeness (QED) is 0.328. The van der Waals surface area contributed by atoms with E-state index in [1.807, 2.05) is 18.2 Å². The van der Waals surface area contributed by atoms with Gasteiger partial charge in [-0.05, 0) is 24.3 Å². The van der Waals surface area contributed by atoms with E-state index < -0.39 is 10.9 Å². The summed E-state index contributed by atoms with van der Waals surface area (Å²) in [5.74, 6) is 0. The van der Waals surface area contributed by atoms with Gasteiger partial charge < -0.3 is 10.2 Å². The summed E-state index contributed by atoms with van der Waals surface area (Å²) in [6.45, 7) is 7.28. The van der Waals surface area contributed by atoms with Crippen LogP contribution in [0.3, 0.4) is 0 Å². The van der Waals surface area contributed by atoms with Crippen LogP contribution >= 0.6 is 47.0 Å². The van der Waals surface area contributed by atoms with E-state index in [0.29, 0.717) is 0 Å². The van der Waals surface area contributed by atoms with E-state index in [1.54, 1.807) is 23.5 Å². The number of hydrogen-bond acceptors (Lipinski definition) is 6. The average Bonchev–Trinajstić information content (AvgIpc) is 2.61. The molecule has 0 spiro atoms. The van der Waals surface area contributed by atoms with Crippen LogP contribution in [0.2, 0.25) is 0 Å². The van der Waals surface area contributed by atoms with Gasteiger partial charge in [0.25, 0.3) is 0 Å². The molecule has 24 heavy (non-hydrogen) atoms. The Balaban J connectivity index is 2.04. The molecule has 2 atom stereocenters. The summed E-state index contributed by atoms with van der Waals surface area (Å²) in [6, 6.07) is 12.4. The summed E-state index contributed by atoms with van der Waals surface area (Å²) in [4.78, 5) is 6.62. The van der Waals surface area contributed by atoms with E-state index >= 15 is 0 Å². The highest BCUT2D eigenvalue weighted by Gasteiger charge is 2.24. The number of benzene rings is 2. The molecule has 0 saturated carbocycles. The van der Waals surface area contributed by atoms with Gasteiger partial charge in [-0.25, -0.2) is 0 Å². The fourth-order valence-electron chi connectivity index (χ4n) is 2.10. The fraction of sp³-hybridized carbons (Fsp3) is 0.111. The molecule has 124 valence electrons. The average molecular weight is 393 g/mol. The molecule has 0 saturated heterocycles. The predicted octanol–water partition coefficient (Wildman–Crippen LogP) is 5.50. The van der Waals surface area contributed by atoms with Crippen molar-refractivity contribution in [2.24, 2.45) is 0 Å². The summed E-state index contributed by atoms with van der Waals surface area (Å²) in [5, 5.41) is 20.0. The smallest absolute Gasteiger partial charge is 0.122 e. The van der Waals surface area contributed by atoms with Crippen LogP contribution in [0.4, 0.5) is 0 Å². The van der Waals surface area contributed by atoms with Gasteiger partial charge >= 0.3 is 0 Å². The Labute approximate surface area is 158 Å². The molecule has 1 heterocycles. The Hall–Kier alpha value is -0.760. The predicted molar refractivity (Wildman–Crippen MR) is 105 cm³/mol. The lowest BCUT2D eigenvalue weighted by Crippen LogP contribution is -2.01. The van der Waals surface area contributed by atoms with Crippen LogP contribution in [0, 0.1) is 0 Å². The first kappa shape index (κ1) is 18.0. The topological polar surface area (TPSA) is 40.5 Å². The highest BCUT2D eigenvalue weighted by atomic mass is 32.2. The molecular weight excluding hydrogens is 376 g/mol. The Morgan fingerprint density at radius 1 is 0.833 bits per heavy atom. The van der Waals surface area contributed by atoms with Gasteiger partial charge in [-0.2, -0.15) is 0 Å². The third kappa shape index (κ3) is 3.90. The molecular formula is C18H16O2S4. The third-order valence-electron chi connectivity index (χ3n) is 3.21. The first-order valence-electron chi connectivity index (χ1n) is 7.18. The third-order valence-corrected chi connectivity index (χ3v) is 8.19. The molecule has 1 aliphatic rings. The lowest BCUT2D eigenvalue weighted by Gasteiger charge is -2.23. The van der Waals surface area contributed by atoms with Crippen molar-refractivity contribution < 1.29 is 10.2 Å². The molecule has 2 unspecified atom stereocenters. The first-order valence-corrected chi connectivity index (χ1v) is 10.6. The molecule has 2 aromatic carbocycles. The molecule has 0 aromatic heterocycles. The van der Waals surface area contributed by atoms with Gasteiger partial charge in [0.15, 0.2) is 0 Å². The standard InChI is InChI=1S/C18H16O2S4/c1-3-15(19)22-14-10-9-13-17(18(14)24-16(20)4-2)23-12-8-6-5-7-11(12)21-13/h3-10,15-16,19-20H,1-2H2. The van der Waals surface area contributed by atoms with Crippen LogP contribution < -0.4 is 0 Å². The molecule has 0 fully saturated rings. The van der Waals surface area contributed by atoms with Gasteiger partial charge in [-0.15, -0.1) is 0 Å². The number of aliphatic hydroxyl groups is 2. The zero-order valence-electron chi connectivity index (χ0n) is 12.7. The highest BCUT2D eigenvalue weighted by molar-refractivity contribution is 8.06. The molecule has 2 nitrogen and oxygen atoms in total. The van der Waals surface area contributed by atoms with E-state index in [-0.39, 0.29) is 0 Å². The van der Waals surface area contributed by atoms with Crippen molar-refractivity contribution in [1.82, 2.24) is 0 Å². The summed E-state index contributed by atoms with van der Waals surface area (Å²) >= 11 is 6.11. The zero-order chi connectivity index (χ0) is 17.1. The molecule has 0 amide bonds. The van der Waals surface area contributed by atoms with Crippen LogP contribution in [0.25, 0.3) is 0 Å². The molecule has 0 aliphatic carbocycles. The van der Waals surface area contributed by atoms with Crippen molar-refractivity contribution in [3.05, 3.63) is 61.7 Å². The summed E-state index contributed by atoms with van der Waals surface area (Å²) in [5.41, 5.74) is -1.38. The van der Waals surface area contributed by atoms with Crippen LogP contribution in [-0.2, 0) is 0 Å². The molecule has 1 aliphatic heterocycles. The van der Waals surface area contributed by atoms with Crippen LogP contribution in [0.1, 0.15) is 0 Å². The summed E-state index contributed by atoms with van der Waals surface area (Å²) in [7, 11) is 0. The second-order valence-electron chi connectivity index (χ2n) is 4.86. The lowest BCUT2D eigenvalue weighted by molar-refractivity contribution is 0.308. The maximum Gasteiger partial charge on any atom is 0.122 e. The minimum absolute atomic E-state index is 0.684. The minimum Gasteiger partial charge on any atom is -0.378 e. The largest absolute Gasteiger partial charge is 0.378 e. The Bertz CT molecular complexity index is 776. The van der Waals surface area contributed by atoms with Gasteiger partial charge in [0.1, 0.15) is 10.9 Å². The normalized spacial score (nSPS) is 15.1. The molecule has 2 N–H and O–H groups in total. The monoisotopic (exact) mass is 392 g/mol. The van der Waals surface area contributed by atoms with E-state index in [2.05, 4.69) is 31.4 Å². The van der Waals surface area contributed by atoms with E-state index in [0.717, 1.165) is 19.6 Å². The highest BCUT2D eigenvalue weighted by Crippen LogP contribution is 2.54. The zero-order valence-corrected chi connectivity index (χ0v) is 16.0. The van der Waals surface area contributed by atoms with Crippen molar-refractivity contribution in [3.63, 3.8) is 0 Å². The molecule has 6 heteroatoms. The van der Waals surface area contributed by atoms with Crippen LogP contribution in [0.15, 0.2) is 91.1 Å². The van der Waals surface area contributed by atoms with Gasteiger partial charge in [0, 0.05) is 29.4 Å². The Kier molecular flexibility index (Phi) is 6.07. The van der Waals surface area contributed by atoms with E-state index in [1.165, 1.54) is 45.5 Å². The number of rotatable bonds is 6. The lowest BCUT2D eigenvalue weighted by atomic mass is 10.3. The van der Waals surface area contributed by atoms with Crippen LogP contribution in [0.5, 0.6) is 0 Å². The number of thioether (sulfide) groups is 2.